The van der Waals surface area contributed by atoms with Gasteiger partial charge in [0.1, 0.15) is 0 Å². The van der Waals surface area contributed by atoms with E-state index in [-0.39, 0.29) is 12.1 Å². The van der Waals surface area contributed by atoms with Crippen LogP contribution in [0.5, 0.6) is 0 Å². The minimum atomic E-state index is 0.0747. The summed E-state index contributed by atoms with van der Waals surface area (Å²) in [7, 11) is 0. The monoisotopic (exact) mass is 261 g/mol. The lowest BCUT2D eigenvalue weighted by molar-refractivity contribution is 0.0489. The minimum Gasteiger partial charge on any atom is -0.375 e. The highest BCUT2D eigenvalue weighted by atomic mass is 16.5. The molecule has 1 aliphatic rings. The average Bonchev–Trinajstić information content (AvgIpc) is 2.64. The van der Waals surface area contributed by atoms with E-state index in [2.05, 4.69) is 52.0 Å². The summed E-state index contributed by atoms with van der Waals surface area (Å²) in [4.78, 5) is 0. The molecule has 0 spiro atoms. The normalized spacial score (nSPS) is 32.5. The van der Waals surface area contributed by atoms with Crippen molar-refractivity contribution in [1.29, 1.82) is 0 Å². The summed E-state index contributed by atoms with van der Waals surface area (Å²) in [6.45, 7) is 8.76. The van der Waals surface area contributed by atoms with Gasteiger partial charge in [-0.15, -0.1) is 0 Å². The van der Waals surface area contributed by atoms with E-state index in [9.17, 15) is 0 Å². The summed E-state index contributed by atoms with van der Waals surface area (Å²) in [5.41, 5.74) is 9.12. The van der Waals surface area contributed by atoms with Crippen molar-refractivity contribution in [2.45, 2.75) is 58.8 Å². The fourth-order valence-electron chi connectivity index (χ4n) is 3.33. The fourth-order valence-corrected chi connectivity index (χ4v) is 3.33. The molecule has 2 rings (SSSR count). The fraction of sp³-hybridized carbons (Fsp3) is 0.647. The Morgan fingerprint density at radius 1 is 1.11 bits per heavy atom. The molecule has 0 amide bonds. The lowest BCUT2D eigenvalue weighted by atomic mass is 9.81. The number of nitrogens with two attached hydrogens (primary N) is 1. The molecule has 106 valence electrons. The van der Waals surface area contributed by atoms with Crippen molar-refractivity contribution < 1.29 is 4.74 Å². The van der Waals surface area contributed by atoms with Gasteiger partial charge in [0, 0.05) is 12.0 Å². The van der Waals surface area contributed by atoms with Crippen LogP contribution in [-0.2, 0) is 11.2 Å². The SMILES string of the molecule is CCCc1ccc(C(N)C2C(C)OC(C)C2C)cc1. The van der Waals surface area contributed by atoms with Gasteiger partial charge in [-0.3, -0.25) is 0 Å². The molecule has 0 saturated carbocycles. The molecular formula is C17H27NO. The van der Waals surface area contributed by atoms with Crippen LogP contribution in [0, 0.1) is 11.8 Å². The molecule has 19 heavy (non-hydrogen) atoms. The van der Waals surface area contributed by atoms with E-state index in [4.69, 9.17) is 10.5 Å². The lowest BCUT2D eigenvalue weighted by Crippen LogP contribution is -2.30. The summed E-state index contributed by atoms with van der Waals surface area (Å²) in [6.07, 6.45) is 2.89. The molecule has 2 N–H and O–H groups in total. The Kier molecular flexibility index (Phi) is 4.64. The molecule has 5 unspecified atom stereocenters. The van der Waals surface area contributed by atoms with Crippen molar-refractivity contribution in [2.24, 2.45) is 17.6 Å². The molecule has 1 aliphatic heterocycles. The van der Waals surface area contributed by atoms with Crippen LogP contribution < -0.4 is 5.73 Å². The van der Waals surface area contributed by atoms with Crippen LogP contribution in [0.2, 0.25) is 0 Å². The van der Waals surface area contributed by atoms with E-state index in [1.165, 1.54) is 17.5 Å². The predicted molar refractivity (Wildman–Crippen MR) is 80.0 cm³/mol. The zero-order valence-corrected chi connectivity index (χ0v) is 12.6. The van der Waals surface area contributed by atoms with E-state index in [0.29, 0.717) is 17.9 Å². The molecule has 5 atom stereocenters. The molecule has 1 aromatic rings. The standard InChI is InChI=1S/C17H27NO/c1-5-6-14-7-9-15(10-8-14)17(18)16-11(2)12(3)19-13(16)4/h7-13,16-17H,5-6,18H2,1-4H3. The first-order valence-corrected chi connectivity index (χ1v) is 7.54. The van der Waals surface area contributed by atoms with Crippen LogP contribution in [0.3, 0.4) is 0 Å². The first-order chi connectivity index (χ1) is 9.04. The number of hydrogen-bond donors (Lipinski definition) is 1. The Labute approximate surface area is 117 Å². The average molecular weight is 261 g/mol. The van der Waals surface area contributed by atoms with Crippen LogP contribution >= 0.6 is 0 Å². The predicted octanol–water partition coefficient (Wildman–Crippen LogP) is 3.70. The minimum absolute atomic E-state index is 0.0747. The van der Waals surface area contributed by atoms with Crippen molar-refractivity contribution in [1.82, 2.24) is 0 Å². The number of ether oxygens (including phenoxy) is 1. The second kappa shape index (κ2) is 6.06. The Morgan fingerprint density at radius 2 is 1.74 bits per heavy atom. The molecule has 0 aliphatic carbocycles. The highest BCUT2D eigenvalue weighted by Crippen LogP contribution is 2.39. The second-order valence-corrected chi connectivity index (χ2v) is 6.00. The molecule has 1 aromatic carbocycles. The number of aryl methyl sites for hydroxylation is 1. The van der Waals surface area contributed by atoms with E-state index < -0.39 is 0 Å². The molecule has 0 aromatic heterocycles. The molecule has 0 radical (unpaired) electrons. The maximum absolute atomic E-state index is 6.49. The molecule has 2 nitrogen and oxygen atoms in total. The van der Waals surface area contributed by atoms with Crippen LogP contribution in [0.15, 0.2) is 24.3 Å². The van der Waals surface area contributed by atoms with Gasteiger partial charge in [-0.1, -0.05) is 44.5 Å². The molecule has 1 fully saturated rings. The number of hydrogen-bond acceptors (Lipinski definition) is 2. The summed E-state index contributed by atoms with van der Waals surface area (Å²) in [5, 5.41) is 0. The molecule has 2 heteroatoms. The van der Waals surface area contributed by atoms with E-state index >= 15 is 0 Å². The first-order valence-electron chi connectivity index (χ1n) is 7.54. The van der Waals surface area contributed by atoms with E-state index in [0.717, 1.165) is 6.42 Å². The third-order valence-electron chi connectivity index (χ3n) is 4.64. The third-order valence-corrected chi connectivity index (χ3v) is 4.64. The van der Waals surface area contributed by atoms with Crippen LogP contribution in [0.1, 0.15) is 51.3 Å². The van der Waals surface area contributed by atoms with Crippen LogP contribution in [0.25, 0.3) is 0 Å². The second-order valence-electron chi connectivity index (χ2n) is 6.00. The van der Waals surface area contributed by atoms with E-state index in [1.54, 1.807) is 0 Å². The molecule has 1 heterocycles. The molecule has 1 saturated heterocycles. The Morgan fingerprint density at radius 3 is 2.21 bits per heavy atom. The smallest absolute Gasteiger partial charge is 0.0600 e. The maximum atomic E-state index is 6.49. The summed E-state index contributed by atoms with van der Waals surface area (Å²) in [5.74, 6) is 0.923. The zero-order valence-electron chi connectivity index (χ0n) is 12.6. The van der Waals surface area contributed by atoms with Crippen molar-refractivity contribution in [3.05, 3.63) is 35.4 Å². The van der Waals surface area contributed by atoms with Gasteiger partial charge >= 0.3 is 0 Å². The first kappa shape index (κ1) is 14.5. The van der Waals surface area contributed by atoms with Gasteiger partial charge in [-0.25, -0.2) is 0 Å². The maximum Gasteiger partial charge on any atom is 0.0600 e. The van der Waals surface area contributed by atoms with Crippen LogP contribution in [0.4, 0.5) is 0 Å². The Bertz CT molecular complexity index is 400. The van der Waals surface area contributed by atoms with Gasteiger partial charge in [0.05, 0.1) is 12.2 Å². The Balaban J connectivity index is 2.12. The highest BCUT2D eigenvalue weighted by molar-refractivity contribution is 5.26. The number of benzene rings is 1. The summed E-state index contributed by atoms with van der Waals surface area (Å²) in [6, 6.07) is 8.89. The molecule has 0 bridgehead atoms. The molecular weight excluding hydrogens is 234 g/mol. The van der Waals surface area contributed by atoms with Gasteiger partial charge < -0.3 is 10.5 Å². The quantitative estimate of drug-likeness (QED) is 0.897. The largest absolute Gasteiger partial charge is 0.375 e. The van der Waals surface area contributed by atoms with Crippen molar-refractivity contribution in [3.8, 4) is 0 Å². The van der Waals surface area contributed by atoms with Gasteiger partial charge in [0.25, 0.3) is 0 Å². The lowest BCUT2D eigenvalue weighted by Gasteiger charge is -2.26. The van der Waals surface area contributed by atoms with Crippen LogP contribution in [-0.4, -0.2) is 12.2 Å². The van der Waals surface area contributed by atoms with Gasteiger partial charge in [-0.2, -0.15) is 0 Å². The van der Waals surface area contributed by atoms with Gasteiger partial charge in [0.2, 0.25) is 0 Å². The zero-order chi connectivity index (χ0) is 14.0. The highest BCUT2D eigenvalue weighted by Gasteiger charge is 2.40. The topological polar surface area (TPSA) is 35.2 Å². The van der Waals surface area contributed by atoms with Gasteiger partial charge in [-0.05, 0) is 37.3 Å². The van der Waals surface area contributed by atoms with E-state index in [1.807, 2.05) is 0 Å². The van der Waals surface area contributed by atoms with Crippen molar-refractivity contribution >= 4 is 0 Å². The van der Waals surface area contributed by atoms with Crippen molar-refractivity contribution in [2.75, 3.05) is 0 Å². The van der Waals surface area contributed by atoms with Gasteiger partial charge in [0.15, 0.2) is 0 Å². The number of rotatable bonds is 4. The summed E-state index contributed by atoms with van der Waals surface area (Å²) < 4.78 is 5.91. The van der Waals surface area contributed by atoms with Crippen molar-refractivity contribution in [3.63, 3.8) is 0 Å². The third kappa shape index (κ3) is 3.01. The summed E-state index contributed by atoms with van der Waals surface area (Å²) >= 11 is 0. The Hall–Kier alpha value is -0.860.